The van der Waals surface area contributed by atoms with Crippen LogP contribution in [0.5, 0.6) is 0 Å². The van der Waals surface area contributed by atoms with Gasteiger partial charge < -0.3 is 9.64 Å². The van der Waals surface area contributed by atoms with E-state index in [4.69, 9.17) is 10.00 Å². The van der Waals surface area contributed by atoms with E-state index in [2.05, 4.69) is 30.9 Å². The predicted molar refractivity (Wildman–Crippen MR) is 68.1 cm³/mol. The van der Waals surface area contributed by atoms with Crippen LogP contribution in [0.2, 0.25) is 0 Å². The first kappa shape index (κ1) is 11.9. The van der Waals surface area contributed by atoms with Crippen LogP contribution in [0.25, 0.3) is 0 Å². The molecule has 1 fully saturated rings. The fraction of sp³-hybridized carbons (Fsp3) is 0.500. The van der Waals surface area contributed by atoms with Crippen LogP contribution in [-0.2, 0) is 4.74 Å². The highest BCUT2D eigenvalue weighted by molar-refractivity contribution is 5.56. The highest BCUT2D eigenvalue weighted by Crippen LogP contribution is 2.25. The van der Waals surface area contributed by atoms with Crippen molar-refractivity contribution in [1.82, 2.24) is 0 Å². The maximum Gasteiger partial charge on any atom is 0.0995 e. The molecule has 0 amide bonds. The van der Waals surface area contributed by atoms with Crippen LogP contribution in [0.1, 0.15) is 25.0 Å². The van der Waals surface area contributed by atoms with E-state index in [-0.39, 0.29) is 6.10 Å². The zero-order chi connectivity index (χ0) is 12.4. The number of nitrogens with zero attached hydrogens (tertiary/aromatic N) is 2. The summed E-state index contributed by atoms with van der Waals surface area (Å²) in [5.74, 6) is 0. The summed E-state index contributed by atoms with van der Waals surface area (Å²) in [6.45, 7) is 7.92. The smallest absolute Gasteiger partial charge is 0.0995 e. The van der Waals surface area contributed by atoms with Gasteiger partial charge in [-0.15, -0.1) is 0 Å². The molecule has 0 unspecified atom stereocenters. The lowest BCUT2D eigenvalue weighted by molar-refractivity contribution is -0.00718. The molecular weight excluding hydrogens is 212 g/mol. The van der Waals surface area contributed by atoms with Crippen molar-refractivity contribution in [2.45, 2.75) is 33.0 Å². The molecule has 17 heavy (non-hydrogen) atoms. The molecule has 0 bridgehead atoms. The van der Waals surface area contributed by atoms with E-state index in [9.17, 15) is 0 Å². The van der Waals surface area contributed by atoms with E-state index in [1.165, 1.54) is 0 Å². The lowest BCUT2D eigenvalue weighted by Gasteiger charge is -2.41. The SMILES string of the molecule is Cc1ccc(N2CC(OC(C)C)C2)cc1C#N. The van der Waals surface area contributed by atoms with Gasteiger partial charge in [0, 0.05) is 18.8 Å². The highest BCUT2D eigenvalue weighted by atomic mass is 16.5. The molecule has 3 heteroatoms. The zero-order valence-corrected chi connectivity index (χ0v) is 10.6. The fourth-order valence-electron chi connectivity index (χ4n) is 2.05. The fourth-order valence-corrected chi connectivity index (χ4v) is 2.05. The third kappa shape index (κ3) is 2.59. The Balaban J connectivity index is 2.00. The summed E-state index contributed by atoms with van der Waals surface area (Å²) in [6, 6.07) is 8.26. The lowest BCUT2D eigenvalue weighted by Crippen LogP contribution is -2.53. The standard InChI is InChI=1S/C14H18N2O/c1-10(2)17-14-8-16(9-14)13-5-4-11(3)12(6-13)7-15/h4-6,10,14H,8-9H2,1-3H3. The molecular formula is C14H18N2O. The molecule has 0 radical (unpaired) electrons. The molecule has 1 aliphatic heterocycles. The van der Waals surface area contributed by atoms with Crippen molar-refractivity contribution in [2.75, 3.05) is 18.0 Å². The number of hydrogen-bond acceptors (Lipinski definition) is 3. The zero-order valence-electron chi connectivity index (χ0n) is 10.6. The molecule has 1 saturated heterocycles. The third-order valence-corrected chi connectivity index (χ3v) is 3.02. The van der Waals surface area contributed by atoms with Gasteiger partial charge in [0.2, 0.25) is 0 Å². The van der Waals surface area contributed by atoms with Gasteiger partial charge in [-0.2, -0.15) is 5.26 Å². The molecule has 0 aromatic heterocycles. The van der Waals surface area contributed by atoms with Gasteiger partial charge in [0.1, 0.15) is 0 Å². The van der Waals surface area contributed by atoms with Crippen molar-refractivity contribution >= 4 is 5.69 Å². The van der Waals surface area contributed by atoms with E-state index >= 15 is 0 Å². The number of ether oxygens (including phenoxy) is 1. The first-order valence-corrected chi connectivity index (χ1v) is 6.01. The van der Waals surface area contributed by atoms with Gasteiger partial charge >= 0.3 is 0 Å². The average Bonchev–Trinajstić information content (AvgIpc) is 2.24. The lowest BCUT2D eigenvalue weighted by atomic mass is 10.1. The van der Waals surface area contributed by atoms with Crippen LogP contribution in [-0.4, -0.2) is 25.3 Å². The molecule has 1 aromatic rings. The number of anilines is 1. The topological polar surface area (TPSA) is 36.3 Å². The van der Waals surface area contributed by atoms with Crippen molar-refractivity contribution in [3.63, 3.8) is 0 Å². The average molecular weight is 230 g/mol. The monoisotopic (exact) mass is 230 g/mol. The summed E-state index contributed by atoms with van der Waals surface area (Å²) >= 11 is 0. The second-order valence-corrected chi connectivity index (χ2v) is 4.82. The molecule has 3 nitrogen and oxygen atoms in total. The summed E-state index contributed by atoms with van der Waals surface area (Å²) in [4.78, 5) is 2.24. The van der Waals surface area contributed by atoms with Gasteiger partial charge in [-0.05, 0) is 38.5 Å². The van der Waals surface area contributed by atoms with Crippen LogP contribution >= 0.6 is 0 Å². The number of hydrogen-bond donors (Lipinski definition) is 0. The Morgan fingerprint density at radius 1 is 1.41 bits per heavy atom. The molecule has 0 atom stereocenters. The Morgan fingerprint density at radius 2 is 2.12 bits per heavy atom. The van der Waals surface area contributed by atoms with Gasteiger partial charge in [-0.3, -0.25) is 0 Å². The van der Waals surface area contributed by atoms with Crippen LogP contribution in [0.15, 0.2) is 18.2 Å². The quantitative estimate of drug-likeness (QED) is 0.800. The van der Waals surface area contributed by atoms with Crippen molar-refractivity contribution in [2.24, 2.45) is 0 Å². The molecule has 0 N–H and O–H groups in total. The maximum absolute atomic E-state index is 8.99. The molecule has 1 heterocycles. The number of rotatable bonds is 3. The summed E-state index contributed by atoms with van der Waals surface area (Å²) < 4.78 is 5.71. The van der Waals surface area contributed by atoms with Crippen LogP contribution in [0.3, 0.4) is 0 Å². The van der Waals surface area contributed by atoms with Gasteiger partial charge in [-0.1, -0.05) is 6.07 Å². The molecule has 90 valence electrons. The molecule has 0 aliphatic carbocycles. The second-order valence-electron chi connectivity index (χ2n) is 4.82. The van der Waals surface area contributed by atoms with Crippen molar-refractivity contribution in [3.8, 4) is 6.07 Å². The molecule has 2 rings (SSSR count). The predicted octanol–water partition coefficient (Wildman–Crippen LogP) is 2.48. The Morgan fingerprint density at radius 3 is 2.71 bits per heavy atom. The van der Waals surface area contributed by atoms with Crippen molar-refractivity contribution < 1.29 is 4.74 Å². The van der Waals surface area contributed by atoms with Gasteiger partial charge in [0.25, 0.3) is 0 Å². The molecule has 0 spiro atoms. The van der Waals surface area contributed by atoms with E-state index in [0.717, 1.165) is 29.9 Å². The van der Waals surface area contributed by atoms with Gasteiger partial charge in [0.05, 0.1) is 23.8 Å². The molecule has 0 saturated carbocycles. The van der Waals surface area contributed by atoms with E-state index in [1.807, 2.05) is 19.1 Å². The number of benzene rings is 1. The molecule has 1 aliphatic rings. The number of nitriles is 1. The second kappa shape index (κ2) is 4.77. The third-order valence-electron chi connectivity index (χ3n) is 3.02. The van der Waals surface area contributed by atoms with E-state index < -0.39 is 0 Å². The largest absolute Gasteiger partial charge is 0.372 e. The van der Waals surface area contributed by atoms with Crippen molar-refractivity contribution in [3.05, 3.63) is 29.3 Å². The highest BCUT2D eigenvalue weighted by Gasteiger charge is 2.28. The Bertz CT molecular complexity index is 442. The first-order chi connectivity index (χ1) is 8.10. The first-order valence-electron chi connectivity index (χ1n) is 6.01. The van der Waals surface area contributed by atoms with Gasteiger partial charge in [0.15, 0.2) is 0 Å². The van der Waals surface area contributed by atoms with E-state index in [1.54, 1.807) is 0 Å². The summed E-state index contributed by atoms with van der Waals surface area (Å²) in [7, 11) is 0. The Labute approximate surface area is 103 Å². The van der Waals surface area contributed by atoms with Gasteiger partial charge in [-0.25, -0.2) is 0 Å². The summed E-state index contributed by atoms with van der Waals surface area (Å²) in [5, 5.41) is 8.99. The van der Waals surface area contributed by atoms with Crippen LogP contribution < -0.4 is 4.90 Å². The summed E-state index contributed by atoms with van der Waals surface area (Å²) in [6.07, 6.45) is 0.622. The van der Waals surface area contributed by atoms with Crippen LogP contribution in [0.4, 0.5) is 5.69 Å². The minimum atomic E-state index is 0.287. The molecule has 1 aromatic carbocycles. The summed E-state index contributed by atoms with van der Waals surface area (Å²) in [5.41, 5.74) is 2.92. The number of aryl methyl sites for hydroxylation is 1. The van der Waals surface area contributed by atoms with E-state index in [0.29, 0.717) is 6.10 Å². The normalized spacial score (nSPS) is 15.8. The minimum Gasteiger partial charge on any atom is -0.372 e. The van der Waals surface area contributed by atoms with Crippen molar-refractivity contribution in [1.29, 1.82) is 5.26 Å². The Kier molecular flexibility index (Phi) is 3.35. The minimum absolute atomic E-state index is 0.287. The Hall–Kier alpha value is -1.53. The maximum atomic E-state index is 8.99. The van der Waals surface area contributed by atoms with Crippen LogP contribution in [0, 0.1) is 18.3 Å².